The SMILES string of the molecule is O=C(O)C[C@H](CC(=O)NC[C@@H](O)c1ccccc1)c1ccccc1. The summed E-state index contributed by atoms with van der Waals surface area (Å²) in [5.74, 6) is -1.61. The van der Waals surface area contributed by atoms with E-state index in [0.29, 0.717) is 0 Å². The maximum Gasteiger partial charge on any atom is 0.303 e. The maximum absolute atomic E-state index is 12.1. The molecular formula is C19H21NO4. The fourth-order valence-corrected chi connectivity index (χ4v) is 2.54. The molecule has 3 N–H and O–H groups in total. The summed E-state index contributed by atoms with van der Waals surface area (Å²) >= 11 is 0. The Kier molecular flexibility index (Phi) is 6.51. The Labute approximate surface area is 141 Å². The van der Waals surface area contributed by atoms with Gasteiger partial charge < -0.3 is 15.5 Å². The van der Waals surface area contributed by atoms with Crippen LogP contribution in [0.2, 0.25) is 0 Å². The van der Waals surface area contributed by atoms with Gasteiger partial charge in [-0.1, -0.05) is 60.7 Å². The molecule has 126 valence electrons. The maximum atomic E-state index is 12.1. The Morgan fingerprint density at radius 2 is 1.42 bits per heavy atom. The molecule has 0 fully saturated rings. The molecule has 5 nitrogen and oxygen atoms in total. The summed E-state index contributed by atoms with van der Waals surface area (Å²) in [6.07, 6.45) is -0.832. The van der Waals surface area contributed by atoms with Crippen LogP contribution in [0.3, 0.4) is 0 Å². The molecule has 0 aliphatic carbocycles. The largest absolute Gasteiger partial charge is 0.481 e. The Bertz CT molecular complexity index is 658. The Balaban J connectivity index is 1.92. The first kappa shape index (κ1) is 17.7. The third kappa shape index (κ3) is 5.52. The molecule has 0 aliphatic heterocycles. The second kappa shape index (κ2) is 8.84. The summed E-state index contributed by atoms with van der Waals surface area (Å²) in [6, 6.07) is 18.2. The number of carbonyl (C=O) groups is 2. The molecule has 5 heteroatoms. The molecule has 0 heterocycles. The zero-order valence-electron chi connectivity index (χ0n) is 13.3. The molecule has 2 rings (SSSR count). The average molecular weight is 327 g/mol. The van der Waals surface area contributed by atoms with Gasteiger partial charge in [-0.05, 0) is 11.1 Å². The highest BCUT2D eigenvalue weighted by Crippen LogP contribution is 2.23. The Morgan fingerprint density at radius 1 is 0.875 bits per heavy atom. The van der Waals surface area contributed by atoms with Crippen LogP contribution in [0.15, 0.2) is 60.7 Å². The number of carboxylic acids is 1. The van der Waals surface area contributed by atoms with Gasteiger partial charge in [0, 0.05) is 18.9 Å². The van der Waals surface area contributed by atoms with Gasteiger partial charge >= 0.3 is 5.97 Å². The zero-order valence-corrected chi connectivity index (χ0v) is 13.3. The van der Waals surface area contributed by atoms with Crippen LogP contribution in [0.25, 0.3) is 0 Å². The van der Waals surface area contributed by atoms with Crippen LogP contribution in [-0.2, 0) is 9.59 Å². The highest BCUT2D eigenvalue weighted by molar-refractivity contribution is 5.78. The number of aliphatic carboxylic acids is 1. The van der Waals surface area contributed by atoms with E-state index >= 15 is 0 Å². The minimum absolute atomic E-state index is 0.0673. The number of carbonyl (C=O) groups excluding carboxylic acids is 1. The van der Waals surface area contributed by atoms with Gasteiger partial charge in [-0.3, -0.25) is 9.59 Å². The van der Waals surface area contributed by atoms with Crippen molar-refractivity contribution in [1.29, 1.82) is 0 Å². The third-order valence-electron chi connectivity index (χ3n) is 3.80. The quantitative estimate of drug-likeness (QED) is 0.695. The van der Waals surface area contributed by atoms with Gasteiger partial charge in [-0.25, -0.2) is 0 Å². The number of hydrogen-bond acceptors (Lipinski definition) is 3. The molecule has 0 spiro atoms. The van der Waals surface area contributed by atoms with E-state index in [9.17, 15) is 14.7 Å². The van der Waals surface area contributed by atoms with Gasteiger partial charge in [0.1, 0.15) is 0 Å². The highest BCUT2D eigenvalue weighted by Gasteiger charge is 2.19. The van der Waals surface area contributed by atoms with Crippen LogP contribution in [0.4, 0.5) is 0 Å². The summed E-state index contributed by atoms with van der Waals surface area (Å²) in [7, 11) is 0. The normalized spacial score (nSPS) is 13.0. The molecule has 0 aliphatic rings. The van der Waals surface area contributed by atoms with Gasteiger partial charge in [0.05, 0.1) is 12.5 Å². The van der Waals surface area contributed by atoms with Crippen molar-refractivity contribution >= 4 is 11.9 Å². The van der Waals surface area contributed by atoms with E-state index in [-0.39, 0.29) is 25.3 Å². The molecule has 0 radical (unpaired) electrons. The summed E-state index contributed by atoms with van der Waals surface area (Å²) in [6.45, 7) is 0.0947. The minimum Gasteiger partial charge on any atom is -0.481 e. The van der Waals surface area contributed by atoms with Crippen molar-refractivity contribution in [2.45, 2.75) is 24.9 Å². The molecular weight excluding hydrogens is 306 g/mol. The fourth-order valence-electron chi connectivity index (χ4n) is 2.54. The van der Waals surface area contributed by atoms with Crippen LogP contribution in [0.1, 0.15) is 36.0 Å². The first-order chi connectivity index (χ1) is 11.6. The van der Waals surface area contributed by atoms with E-state index in [1.165, 1.54) is 0 Å². The molecule has 2 atom stereocenters. The van der Waals surface area contributed by atoms with Gasteiger partial charge in [0.25, 0.3) is 0 Å². The monoisotopic (exact) mass is 327 g/mol. The van der Waals surface area contributed by atoms with Crippen LogP contribution in [0.5, 0.6) is 0 Å². The van der Waals surface area contributed by atoms with Crippen molar-refractivity contribution in [3.63, 3.8) is 0 Å². The number of carboxylic acid groups (broad SMARTS) is 1. The minimum atomic E-state index is -0.944. The van der Waals surface area contributed by atoms with Crippen LogP contribution in [0, 0.1) is 0 Å². The second-order valence-electron chi connectivity index (χ2n) is 5.64. The first-order valence-electron chi connectivity index (χ1n) is 7.82. The van der Waals surface area contributed by atoms with Crippen LogP contribution < -0.4 is 5.32 Å². The lowest BCUT2D eigenvalue weighted by Gasteiger charge is -2.17. The molecule has 0 saturated heterocycles. The van der Waals surface area contributed by atoms with Crippen molar-refractivity contribution in [3.8, 4) is 0 Å². The van der Waals surface area contributed by atoms with E-state index in [4.69, 9.17) is 5.11 Å². The van der Waals surface area contributed by atoms with Crippen LogP contribution >= 0.6 is 0 Å². The Morgan fingerprint density at radius 3 is 1.96 bits per heavy atom. The summed E-state index contributed by atoms with van der Waals surface area (Å²) < 4.78 is 0. The van der Waals surface area contributed by atoms with E-state index < -0.39 is 18.0 Å². The van der Waals surface area contributed by atoms with Crippen molar-refractivity contribution in [1.82, 2.24) is 5.32 Å². The lowest BCUT2D eigenvalue weighted by molar-refractivity contribution is -0.137. The van der Waals surface area contributed by atoms with Gasteiger partial charge in [0.15, 0.2) is 0 Å². The van der Waals surface area contributed by atoms with Gasteiger partial charge in [-0.2, -0.15) is 0 Å². The van der Waals surface area contributed by atoms with E-state index in [1.54, 1.807) is 12.1 Å². The van der Waals surface area contributed by atoms with Crippen molar-refractivity contribution in [2.75, 3.05) is 6.54 Å². The Hall–Kier alpha value is -2.66. The smallest absolute Gasteiger partial charge is 0.303 e. The van der Waals surface area contributed by atoms with E-state index in [1.807, 2.05) is 48.5 Å². The number of nitrogens with one attached hydrogen (secondary N) is 1. The molecule has 0 bridgehead atoms. The van der Waals surface area contributed by atoms with E-state index in [2.05, 4.69) is 5.32 Å². The van der Waals surface area contributed by atoms with Crippen molar-refractivity contribution in [2.24, 2.45) is 0 Å². The average Bonchev–Trinajstić information content (AvgIpc) is 2.60. The van der Waals surface area contributed by atoms with Gasteiger partial charge in [0.2, 0.25) is 5.91 Å². The predicted molar refractivity (Wildman–Crippen MR) is 90.5 cm³/mol. The zero-order chi connectivity index (χ0) is 17.4. The third-order valence-corrected chi connectivity index (χ3v) is 3.80. The van der Waals surface area contributed by atoms with Gasteiger partial charge in [-0.15, -0.1) is 0 Å². The van der Waals surface area contributed by atoms with Crippen molar-refractivity contribution < 1.29 is 19.8 Å². The highest BCUT2D eigenvalue weighted by atomic mass is 16.4. The number of aliphatic hydroxyl groups is 1. The molecule has 24 heavy (non-hydrogen) atoms. The fraction of sp³-hybridized carbons (Fsp3) is 0.263. The number of amides is 1. The van der Waals surface area contributed by atoms with Crippen molar-refractivity contribution in [3.05, 3.63) is 71.8 Å². The topological polar surface area (TPSA) is 86.6 Å². The standard InChI is InChI=1S/C19H21NO4/c21-17(15-9-5-2-6-10-15)13-20-18(22)11-16(12-19(23)24)14-7-3-1-4-8-14/h1-10,16-17,21H,11-13H2,(H,20,22)(H,23,24)/t16-,17+/m0/s1. The lowest BCUT2D eigenvalue weighted by atomic mass is 9.92. The molecule has 0 aromatic heterocycles. The van der Waals surface area contributed by atoms with Crippen LogP contribution in [-0.4, -0.2) is 28.6 Å². The molecule has 2 aromatic carbocycles. The second-order valence-corrected chi connectivity index (χ2v) is 5.64. The molecule has 2 aromatic rings. The molecule has 1 amide bonds. The number of aliphatic hydroxyl groups excluding tert-OH is 1. The lowest BCUT2D eigenvalue weighted by Crippen LogP contribution is -2.29. The predicted octanol–water partition coefficient (Wildman–Crippen LogP) is 2.48. The number of rotatable bonds is 8. The molecule has 0 unspecified atom stereocenters. The number of hydrogen-bond donors (Lipinski definition) is 3. The first-order valence-corrected chi connectivity index (χ1v) is 7.82. The summed E-state index contributed by atoms with van der Waals surface area (Å²) in [5.41, 5.74) is 1.54. The molecule has 0 saturated carbocycles. The number of benzene rings is 2. The summed E-state index contributed by atoms with van der Waals surface area (Å²) in [4.78, 5) is 23.2. The van der Waals surface area contributed by atoms with E-state index in [0.717, 1.165) is 11.1 Å². The summed E-state index contributed by atoms with van der Waals surface area (Å²) in [5, 5.41) is 21.8.